The maximum absolute atomic E-state index is 10.6. The van der Waals surface area contributed by atoms with Crippen molar-refractivity contribution in [3.05, 3.63) is 0 Å². The number of ether oxygens (including phenoxy) is 1. The zero-order valence-corrected chi connectivity index (χ0v) is 6.75. The number of carbonyl (C=O) groups is 1. The van der Waals surface area contributed by atoms with Crippen LogP contribution in [0, 0.1) is 5.92 Å². The van der Waals surface area contributed by atoms with Crippen molar-refractivity contribution in [3.63, 3.8) is 0 Å². The molecule has 0 aromatic rings. The Hall–Kier alpha value is -0.570. The number of carboxylic acid groups (broad SMARTS) is 1. The van der Waals surface area contributed by atoms with Crippen molar-refractivity contribution in [2.45, 2.75) is 31.8 Å². The van der Waals surface area contributed by atoms with Gasteiger partial charge in [-0.25, -0.2) is 4.79 Å². The van der Waals surface area contributed by atoms with Crippen molar-refractivity contribution < 1.29 is 14.6 Å². The third-order valence-corrected chi connectivity index (χ3v) is 2.33. The lowest BCUT2D eigenvalue weighted by molar-refractivity contribution is -0.151. The molecule has 1 aliphatic rings. The average molecular weight is 158 g/mol. The molecule has 11 heavy (non-hydrogen) atoms. The fraction of sp³-hybridized carbons (Fsp3) is 0.875. The third kappa shape index (κ3) is 1.93. The van der Waals surface area contributed by atoms with E-state index in [1.165, 1.54) is 7.11 Å². The highest BCUT2D eigenvalue weighted by Gasteiger charge is 2.29. The molecule has 0 aliphatic heterocycles. The van der Waals surface area contributed by atoms with Crippen LogP contribution in [0.25, 0.3) is 0 Å². The fourth-order valence-corrected chi connectivity index (χ4v) is 1.76. The summed E-state index contributed by atoms with van der Waals surface area (Å²) >= 11 is 0. The molecule has 1 fully saturated rings. The van der Waals surface area contributed by atoms with E-state index in [4.69, 9.17) is 9.84 Å². The van der Waals surface area contributed by atoms with E-state index in [-0.39, 0.29) is 5.92 Å². The molecule has 1 N–H and O–H groups in total. The van der Waals surface area contributed by atoms with Crippen LogP contribution in [-0.2, 0) is 9.53 Å². The molecule has 3 heteroatoms. The highest BCUT2D eigenvalue weighted by Crippen LogP contribution is 2.28. The van der Waals surface area contributed by atoms with Crippen molar-refractivity contribution in [1.29, 1.82) is 0 Å². The Balaban J connectivity index is 2.46. The van der Waals surface area contributed by atoms with Gasteiger partial charge in [-0.15, -0.1) is 0 Å². The summed E-state index contributed by atoms with van der Waals surface area (Å²) in [5.41, 5.74) is 0. The Kier molecular flexibility index (Phi) is 2.88. The summed E-state index contributed by atoms with van der Waals surface area (Å²) in [6.45, 7) is 0. The molecular formula is C8H14O3. The second kappa shape index (κ2) is 3.72. The number of aliphatic carboxylic acids is 1. The van der Waals surface area contributed by atoms with E-state index in [2.05, 4.69) is 0 Å². The molecular weight excluding hydrogens is 144 g/mol. The Morgan fingerprint density at radius 1 is 1.55 bits per heavy atom. The Bertz CT molecular complexity index is 138. The normalized spacial score (nSPS) is 21.9. The van der Waals surface area contributed by atoms with E-state index in [1.807, 2.05) is 0 Å². The summed E-state index contributed by atoms with van der Waals surface area (Å²) in [6.07, 6.45) is 3.74. The van der Waals surface area contributed by atoms with Crippen LogP contribution in [0.4, 0.5) is 0 Å². The van der Waals surface area contributed by atoms with Gasteiger partial charge in [0.1, 0.15) is 0 Å². The maximum atomic E-state index is 10.6. The van der Waals surface area contributed by atoms with Gasteiger partial charge in [-0.1, -0.05) is 12.8 Å². The molecule has 1 aliphatic carbocycles. The number of hydrogen-bond acceptors (Lipinski definition) is 2. The van der Waals surface area contributed by atoms with Crippen molar-refractivity contribution in [2.75, 3.05) is 7.11 Å². The van der Waals surface area contributed by atoms with Crippen LogP contribution in [0.15, 0.2) is 0 Å². The molecule has 64 valence electrons. The predicted molar refractivity (Wildman–Crippen MR) is 40.4 cm³/mol. The van der Waals surface area contributed by atoms with Crippen LogP contribution in [-0.4, -0.2) is 24.3 Å². The smallest absolute Gasteiger partial charge is 0.333 e. The second-order valence-corrected chi connectivity index (χ2v) is 3.04. The maximum Gasteiger partial charge on any atom is 0.333 e. The second-order valence-electron chi connectivity index (χ2n) is 3.04. The van der Waals surface area contributed by atoms with E-state index >= 15 is 0 Å². The molecule has 0 saturated heterocycles. The first-order valence-electron chi connectivity index (χ1n) is 4.01. The molecule has 0 aromatic heterocycles. The Morgan fingerprint density at radius 3 is 2.45 bits per heavy atom. The minimum Gasteiger partial charge on any atom is -0.479 e. The first-order valence-corrected chi connectivity index (χ1v) is 4.01. The zero-order chi connectivity index (χ0) is 8.27. The molecule has 1 saturated carbocycles. The lowest BCUT2D eigenvalue weighted by Gasteiger charge is -2.16. The Morgan fingerprint density at radius 2 is 2.09 bits per heavy atom. The van der Waals surface area contributed by atoms with Gasteiger partial charge in [0.2, 0.25) is 0 Å². The summed E-state index contributed by atoms with van der Waals surface area (Å²) in [6, 6.07) is 0. The van der Waals surface area contributed by atoms with E-state index in [0.29, 0.717) is 0 Å². The molecule has 3 nitrogen and oxygen atoms in total. The van der Waals surface area contributed by atoms with Crippen LogP contribution in [0.5, 0.6) is 0 Å². The van der Waals surface area contributed by atoms with Crippen LogP contribution in [0.2, 0.25) is 0 Å². The monoisotopic (exact) mass is 158 g/mol. The summed E-state index contributed by atoms with van der Waals surface area (Å²) in [5, 5.41) is 8.71. The van der Waals surface area contributed by atoms with Crippen LogP contribution in [0.1, 0.15) is 25.7 Å². The molecule has 0 heterocycles. The number of rotatable bonds is 3. The van der Waals surface area contributed by atoms with Crippen molar-refractivity contribution in [3.8, 4) is 0 Å². The van der Waals surface area contributed by atoms with Crippen LogP contribution >= 0.6 is 0 Å². The van der Waals surface area contributed by atoms with Crippen molar-refractivity contribution in [2.24, 2.45) is 5.92 Å². The fourth-order valence-electron chi connectivity index (χ4n) is 1.76. The lowest BCUT2D eigenvalue weighted by Crippen LogP contribution is -2.29. The Labute approximate surface area is 66.4 Å². The molecule has 1 atom stereocenters. The topological polar surface area (TPSA) is 46.5 Å². The highest BCUT2D eigenvalue weighted by molar-refractivity contribution is 5.72. The number of methoxy groups -OCH3 is 1. The zero-order valence-electron chi connectivity index (χ0n) is 6.75. The first kappa shape index (κ1) is 8.53. The van der Waals surface area contributed by atoms with E-state index in [9.17, 15) is 4.79 Å². The summed E-state index contributed by atoms with van der Waals surface area (Å²) in [4.78, 5) is 10.6. The van der Waals surface area contributed by atoms with Gasteiger partial charge >= 0.3 is 5.97 Å². The minimum atomic E-state index is -0.820. The molecule has 0 aromatic carbocycles. The van der Waals surface area contributed by atoms with Gasteiger partial charge in [-0.3, -0.25) is 0 Å². The molecule has 1 rings (SSSR count). The standard InChI is InChI=1S/C8H14O3/c1-11-7(8(9)10)6-4-2-3-5-6/h6-7H,2-5H2,1H3,(H,9,10)/t7-/m1/s1. The van der Waals surface area contributed by atoms with Gasteiger partial charge in [0.15, 0.2) is 6.10 Å². The van der Waals surface area contributed by atoms with Crippen molar-refractivity contribution >= 4 is 5.97 Å². The molecule has 0 spiro atoms. The van der Waals surface area contributed by atoms with Gasteiger partial charge in [-0.2, -0.15) is 0 Å². The van der Waals surface area contributed by atoms with Crippen molar-refractivity contribution in [1.82, 2.24) is 0 Å². The van der Waals surface area contributed by atoms with Gasteiger partial charge < -0.3 is 9.84 Å². The average Bonchev–Trinajstić information content (AvgIpc) is 2.40. The van der Waals surface area contributed by atoms with Gasteiger partial charge in [-0.05, 0) is 18.8 Å². The van der Waals surface area contributed by atoms with Gasteiger partial charge in [0.25, 0.3) is 0 Å². The van der Waals surface area contributed by atoms with Gasteiger partial charge in [0.05, 0.1) is 0 Å². The summed E-state index contributed by atoms with van der Waals surface area (Å²) in [5.74, 6) is -0.572. The SMILES string of the molecule is CO[C@@H](C(=O)O)C1CCCC1. The number of carboxylic acids is 1. The quantitative estimate of drug-likeness (QED) is 0.673. The molecule has 0 unspecified atom stereocenters. The minimum absolute atomic E-state index is 0.248. The predicted octanol–water partition coefficient (Wildman–Crippen LogP) is 1.28. The van der Waals surface area contributed by atoms with Gasteiger partial charge in [0, 0.05) is 7.11 Å². The lowest BCUT2D eigenvalue weighted by atomic mass is 10.0. The largest absolute Gasteiger partial charge is 0.479 e. The summed E-state index contributed by atoms with van der Waals surface area (Å²) < 4.78 is 4.90. The highest BCUT2D eigenvalue weighted by atomic mass is 16.5. The van der Waals surface area contributed by atoms with E-state index in [0.717, 1.165) is 25.7 Å². The van der Waals surface area contributed by atoms with E-state index < -0.39 is 12.1 Å². The molecule has 0 bridgehead atoms. The third-order valence-electron chi connectivity index (χ3n) is 2.33. The number of hydrogen-bond donors (Lipinski definition) is 1. The van der Waals surface area contributed by atoms with Crippen LogP contribution in [0.3, 0.4) is 0 Å². The molecule has 0 amide bonds. The van der Waals surface area contributed by atoms with Crippen LogP contribution < -0.4 is 0 Å². The summed E-state index contributed by atoms with van der Waals surface area (Å²) in [7, 11) is 1.47. The first-order chi connectivity index (χ1) is 5.25. The molecule has 0 radical (unpaired) electrons. The van der Waals surface area contributed by atoms with E-state index in [1.54, 1.807) is 0 Å².